The Kier molecular flexibility index (Phi) is 5.93. The summed E-state index contributed by atoms with van der Waals surface area (Å²) < 4.78 is 0. The van der Waals surface area contributed by atoms with Gasteiger partial charge in [0.05, 0.1) is 0 Å². The van der Waals surface area contributed by atoms with Gasteiger partial charge in [-0.05, 0) is 24.0 Å². The molecule has 2 heteroatoms. The molecule has 2 unspecified atom stereocenters. The molecule has 0 bridgehead atoms. The molecule has 0 aliphatic rings. The first kappa shape index (κ1) is 13.6. The number of hydrogen-bond acceptors (Lipinski definition) is 2. The van der Waals surface area contributed by atoms with Crippen LogP contribution in [0.5, 0.6) is 0 Å². The van der Waals surface area contributed by atoms with Crippen molar-refractivity contribution in [2.75, 3.05) is 5.75 Å². The number of rotatable bonds is 6. The first-order valence-electron chi connectivity index (χ1n) is 6.16. The SMILES string of the molecule is CCC(C)CSc1ccccc1C(N)CC. The molecule has 0 saturated carbocycles. The first-order valence-corrected chi connectivity index (χ1v) is 7.14. The van der Waals surface area contributed by atoms with E-state index in [2.05, 4.69) is 45.0 Å². The normalized spacial score (nSPS) is 14.8. The van der Waals surface area contributed by atoms with Gasteiger partial charge in [-0.3, -0.25) is 0 Å². The van der Waals surface area contributed by atoms with Crippen molar-refractivity contribution in [3.05, 3.63) is 29.8 Å². The quantitative estimate of drug-likeness (QED) is 0.749. The molecule has 0 radical (unpaired) electrons. The maximum Gasteiger partial charge on any atom is 0.0303 e. The molecule has 16 heavy (non-hydrogen) atoms. The molecule has 1 nitrogen and oxygen atoms in total. The second-order valence-electron chi connectivity index (χ2n) is 4.38. The maximum atomic E-state index is 6.12. The predicted octanol–water partition coefficient (Wildman–Crippen LogP) is 4.23. The number of hydrogen-bond donors (Lipinski definition) is 1. The Morgan fingerprint density at radius 2 is 1.88 bits per heavy atom. The molecule has 0 aliphatic carbocycles. The van der Waals surface area contributed by atoms with Gasteiger partial charge in [0.15, 0.2) is 0 Å². The van der Waals surface area contributed by atoms with E-state index in [9.17, 15) is 0 Å². The Hall–Kier alpha value is -0.470. The van der Waals surface area contributed by atoms with E-state index < -0.39 is 0 Å². The van der Waals surface area contributed by atoms with Crippen LogP contribution >= 0.6 is 11.8 Å². The molecule has 0 amide bonds. The van der Waals surface area contributed by atoms with E-state index in [1.165, 1.54) is 22.6 Å². The van der Waals surface area contributed by atoms with E-state index >= 15 is 0 Å². The number of thioether (sulfide) groups is 1. The summed E-state index contributed by atoms with van der Waals surface area (Å²) in [5.74, 6) is 1.96. The van der Waals surface area contributed by atoms with Gasteiger partial charge in [0.2, 0.25) is 0 Å². The lowest BCUT2D eigenvalue weighted by Gasteiger charge is -2.15. The lowest BCUT2D eigenvalue weighted by Crippen LogP contribution is -2.10. The molecule has 2 N–H and O–H groups in total. The first-order chi connectivity index (χ1) is 7.69. The molecule has 2 atom stereocenters. The third kappa shape index (κ3) is 3.84. The summed E-state index contributed by atoms with van der Waals surface area (Å²) in [7, 11) is 0. The average molecular weight is 237 g/mol. The van der Waals surface area contributed by atoms with Crippen molar-refractivity contribution in [2.45, 2.75) is 44.6 Å². The van der Waals surface area contributed by atoms with Crippen molar-refractivity contribution in [3.8, 4) is 0 Å². The molecule has 0 aromatic heterocycles. The van der Waals surface area contributed by atoms with E-state index in [1.807, 2.05) is 11.8 Å². The summed E-state index contributed by atoms with van der Waals surface area (Å²) in [6.45, 7) is 6.69. The highest BCUT2D eigenvalue weighted by atomic mass is 32.2. The average Bonchev–Trinajstić information content (AvgIpc) is 2.35. The van der Waals surface area contributed by atoms with Gasteiger partial charge in [-0.25, -0.2) is 0 Å². The molecule has 1 aromatic rings. The summed E-state index contributed by atoms with van der Waals surface area (Å²) in [4.78, 5) is 1.36. The lowest BCUT2D eigenvalue weighted by atomic mass is 10.1. The van der Waals surface area contributed by atoms with Crippen LogP contribution in [0.1, 0.15) is 45.2 Å². The molecule has 0 fully saturated rings. The van der Waals surface area contributed by atoms with Crippen LogP contribution in [0.25, 0.3) is 0 Å². The molecule has 0 heterocycles. The Bertz CT molecular complexity index is 311. The molecule has 0 spiro atoms. The van der Waals surface area contributed by atoms with Crippen LogP contribution in [-0.2, 0) is 0 Å². The van der Waals surface area contributed by atoms with Crippen LogP contribution in [-0.4, -0.2) is 5.75 Å². The molecule has 1 rings (SSSR count). The van der Waals surface area contributed by atoms with Crippen LogP contribution in [0.15, 0.2) is 29.2 Å². The van der Waals surface area contributed by atoms with Crippen molar-refractivity contribution in [3.63, 3.8) is 0 Å². The van der Waals surface area contributed by atoms with E-state index in [4.69, 9.17) is 5.73 Å². The molecule has 0 saturated heterocycles. The molecule has 90 valence electrons. The Morgan fingerprint density at radius 3 is 2.50 bits per heavy atom. The zero-order chi connectivity index (χ0) is 12.0. The molecular weight excluding hydrogens is 214 g/mol. The van der Waals surface area contributed by atoms with Crippen LogP contribution in [0, 0.1) is 5.92 Å². The lowest BCUT2D eigenvalue weighted by molar-refractivity contribution is 0.636. The second-order valence-corrected chi connectivity index (χ2v) is 5.44. The van der Waals surface area contributed by atoms with Gasteiger partial charge in [0, 0.05) is 16.7 Å². The van der Waals surface area contributed by atoms with E-state index in [-0.39, 0.29) is 6.04 Å². The van der Waals surface area contributed by atoms with Crippen LogP contribution in [0.2, 0.25) is 0 Å². The number of nitrogens with two attached hydrogens (primary N) is 1. The van der Waals surface area contributed by atoms with Gasteiger partial charge in [0.25, 0.3) is 0 Å². The Balaban J connectivity index is 2.71. The predicted molar refractivity (Wildman–Crippen MR) is 73.8 cm³/mol. The van der Waals surface area contributed by atoms with Crippen molar-refractivity contribution in [2.24, 2.45) is 11.7 Å². The summed E-state index contributed by atoms with van der Waals surface area (Å²) in [5, 5.41) is 0. The highest BCUT2D eigenvalue weighted by molar-refractivity contribution is 7.99. The molecule has 1 aromatic carbocycles. The second kappa shape index (κ2) is 6.97. The van der Waals surface area contributed by atoms with Gasteiger partial charge < -0.3 is 5.73 Å². The minimum absolute atomic E-state index is 0.181. The number of benzene rings is 1. The van der Waals surface area contributed by atoms with Gasteiger partial charge in [-0.15, -0.1) is 11.8 Å². The smallest absolute Gasteiger partial charge is 0.0303 e. The third-order valence-corrected chi connectivity index (χ3v) is 4.40. The fraction of sp³-hybridized carbons (Fsp3) is 0.571. The largest absolute Gasteiger partial charge is 0.324 e. The zero-order valence-corrected chi connectivity index (χ0v) is 11.4. The minimum Gasteiger partial charge on any atom is -0.324 e. The summed E-state index contributed by atoms with van der Waals surface area (Å²) >= 11 is 1.94. The maximum absolute atomic E-state index is 6.12. The summed E-state index contributed by atoms with van der Waals surface area (Å²) in [6, 6.07) is 8.72. The summed E-state index contributed by atoms with van der Waals surface area (Å²) in [5.41, 5.74) is 7.42. The van der Waals surface area contributed by atoms with Gasteiger partial charge in [0.1, 0.15) is 0 Å². The van der Waals surface area contributed by atoms with E-state index in [0.717, 1.165) is 12.3 Å². The van der Waals surface area contributed by atoms with Crippen molar-refractivity contribution in [1.82, 2.24) is 0 Å². The van der Waals surface area contributed by atoms with Gasteiger partial charge >= 0.3 is 0 Å². The Labute approximate surface area is 104 Å². The van der Waals surface area contributed by atoms with Crippen LogP contribution < -0.4 is 5.73 Å². The molecule has 0 aliphatic heterocycles. The van der Waals surface area contributed by atoms with E-state index in [0.29, 0.717) is 0 Å². The van der Waals surface area contributed by atoms with Crippen LogP contribution in [0.4, 0.5) is 0 Å². The monoisotopic (exact) mass is 237 g/mol. The summed E-state index contributed by atoms with van der Waals surface area (Å²) in [6.07, 6.45) is 2.25. The van der Waals surface area contributed by atoms with E-state index in [1.54, 1.807) is 0 Å². The van der Waals surface area contributed by atoms with Gasteiger partial charge in [-0.2, -0.15) is 0 Å². The van der Waals surface area contributed by atoms with Crippen molar-refractivity contribution >= 4 is 11.8 Å². The zero-order valence-electron chi connectivity index (χ0n) is 10.6. The fourth-order valence-electron chi connectivity index (χ4n) is 1.49. The fourth-order valence-corrected chi connectivity index (χ4v) is 2.75. The van der Waals surface area contributed by atoms with Crippen molar-refractivity contribution < 1.29 is 0 Å². The topological polar surface area (TPSA) is 26.0 Å². The van der Waals surface area contributed by atoms with Crippen LogP contribution in [0.3, 0.4) is 0 Å². The third-order valence-electron chi connectivity index (χ3n) is 2.98. The van der Waals surface area contributed by atoms with Gasteiger partial charge in [-0.1, -0.05) is 45.4 Å². The highest BCUT2D eigenvalue weighted by Crippen LogP contribution is 2.29. The standard InChI is InChI=1S/C14H23NS/c1-4-11(3)10-16-14-9-7-6-8-12(14)13(15)5-2/h6-9,11,13H,4-5,10,15H2,1-3H3. The Morgan fingerprint density at radius 1 is 1.19 bits per heavy atom. The van der Waals surface area contributed by atoms with Crippen molar-refractivity contribution in [1.29, 1.82) is 0 Å². The molecular formula is C14H23NS. The minimum atomic E-state index is 0.181. The highest BCUT2D eigenvalue weighted by Gasteiger charge is 2.09.